The first-order valence-corrected chi connectivity index (χ1v) is 9.82. The normalized spacial score (nSPS) is 32.6. The van der Waals surface area contributed by atoms with Crippen LogP contribution in [0, 0.1) is 17.6 Å². The van der Waals surface area contributed by atoms with Gasteiger partial charge >= 0.3 is 0 Å². The van der Waals surface area contributed by atoms with Crippen molar-refractivity contribution in [2.75, 3.05) is 19.6 Å². The molecule has 2 bridgehead atoms. The molecule has 4 aliphatic rings. The van der Waals surface area contributed by atoms with E-state index in [1.165, 1.54) is 18.9 Å². The second-order valence-electron chi connectivity index (χ2n) is 8.20. The van der Waals surface area contributed by atoms with Gasteiger partial charge in [-0.2, -0.15) is 0 Å². The minimum Gasteiger partial charge on any atom is -0.508 e. The van der Waals surface area contributed by atoms with E-state index in [2.05, 4.69) is 9.80 Å². The van der Waals surface area contributed by atoms with Crippen LogP contribution in [0.5, 0.6) is 5.75 Å². The fourth-order valence-corrected chi connectivity index (χ4v) is 5.69. The van der Waals surface area contributed by atoms with E-state index in [0.29, 0.717) is 17.5 Å². The van der Waals surface area contributed by atoms with Crippen molar-refractivity contribution < 1.29 is 13.9 Å². The number of hydrogen-bond acceptors (Lipinski definition) is 3. The Labute approximate surface area is 158 Å². The molecule has 0 aliphatic carbocycles. The van der Waals surface area contributed by atoms with Gasteiger partial charge in [0.1, 0.15) is 5.75 Å². The Bertz CT molecular complexity index is 850. The summed E-state index contributed by atoms with van der Waals surface area (Å²) in [4.78, 5) is 4.92. The number of piperidine rings is 3. The van der Waals surface area contributed by atoms with Crippen LogP contribution in [-0.2, 0) is 6.54 Å². The van der Waals surface area contributed by atoms with Gasteiger partial charge in [0, 0.05) is 31.1 Å². The average Bonchev–Trinajstić information content (AvgIpc) is 3.06. The molecule has 2 aromatic rings. The van der Waals surface area contributed by atoms with Gasteiger partial charge < -0.3 is 5.11 Å². The van der Waals surface area contributed by atoms with Crippen LogP contribution >= 0.6 is 0 Å². The second-order valence-corrected chi connectivity index (χ2v) is 8.20. The van der Waals surface area contributed by atoms with E-state index in [1.807, 2.05) is 12.1 Å². The molecule has 4 aliphatic heterocycles. The molecular formula is C22H24F2N2O. The third-order valence-corrected chi connectivity index (χ3v) is 6.77. The Kier molecular flexibility index (Phi) is 4.17. The first-order chi connectivity index (χ1) is 13.1. The van der Waals surface area contributed by atoms with Crippen LogP contribution < -0.4 is 0 Å². The largest absolute Gasteiger partial charge is 0.508 e. The van der Waals surface area contributed by atoms with Crippen molar-refractivity contribution in [1.82, 2.24) is 9.80 Å². The summed E-state index contributed by atoms with van der Waals surface area (Å²) >= 11 is 0. The van der Waals surface area contributed by atoms with E-state index in [0.717, 1.165) is 31.7 Å². The number of phenolic OH excluding ortho intramolecular Hbond substituents is 1. The molecule has 0 radical (unpaired) electrons. The van der Waals surface area contributed by atoms with Crippen LogP contribution in [0.15, 0.2) is 42.5 Å². The van der Waals surface area contributed by atoms with Gasteiger partial charge in [0.15, 0.2) is 11.6 Å². The lowest BCUT2D eigenvalue weighted by molar-refractivity contribution is -0.00889. The molecule has 0 unspecified atom stereocenters. The van der Waals surface area contributed by atoms with Crippen LogP contribution in [0.4, 0.5) is 8.78 Å². The highest BCUT2D eigenvalue weighted by Gasteiger charge is 2.53. The number of rotatable bonds is 3. The molecule has 0 amide bonds. The monoisotopic (exact) mass is 370 g/mol. The Morgan fingerprint density at radius 1 is 1.00 bits per heavy atom. The van der Waals surface area contributed by atoms with Gasteiger partial charge in [0.05, 0.1) is 0 Å². The maximum absolute atomic E-state index is 14.6. The van der Waals surface area contributed by atoms with Crippen LogP contribution in [-0.4, -0.2) is 46.6 Å². The molecule has 0 saturated carbocycles. The highest BCUT2D eigenvalue weighted by Crippen LogP contribution is 2.47. The molecule has 27 heavy (non-hydrogen) atoms. The van der Waals surface area contributed by atoms with Gasteiger partial charge in [-0.3, -0.25) is 9.80 Å². The van der Waals surface area contributed by atoms with E-state index in [9.17, 15) is 13.9 Å². The minimum absolute atomic E-state index is 0.0221. The van der Waals surface area contributed by atoms with Gasteiger partial charge in [-0.25, -0.2) is 8.78 Å². The number of aromatic hydroxyl groups is 1. The van der Waals surface area contributed by atoms with E-state index in [1.54, 1.807) is 24.3 Å². The minimum atomic E-state index is -0.758. The Hall–Kier alpha value is -1.98. The molecule has 3 nitrogen and oxygen atoms in total. The molecule has 5 heteroatoms. The summed E-state index contributed by atoms with van der Waals surface area (Å²) in [6.07, 6.45) is 2.35. The van der Waals surface area contributed by atoms with Crippen molar-refractivity contribution >= 4 is 0 Å². The Balaban J connectivity index is 1.51. The quantitative estimate of drug-likeness (QED) is 0.892. The van der Waals surface area contributed by atoms with Crippen molar-refractivity contribution in [3.63, 3.8) is 0 Å². The van der Waals surface area contributed by atoms with Crippen molar-refractivity contribution in [2.45, 2.75) is 37.4 Å². The standard InChI is InChI=1S/C22H24F2N2O/c23-19-6-2-5-17(20(19)24)18-13-26(12-14-3-1-4-16(27)11-14)21-15-7-9-25(10-8-15)22(18)21/h1-6,11,15,18,21-22,27H,7-10,12-13H2/t18-,21-,22-/m1/s1. The summed E-state index contributed by atoms with van der Waals surface area (Å²) in [6, 6.07) is 12.5. The summed E-state index contributed by atoms with van der Waals surface area (Å²) in [7, 11) is 0. The summed E-state index contributed by atoms with van der Waals surface area (Å²) in [5, 5.41) is 9.80. The molecule has 142 valence electrons. The lowest BCUT2D eigenvalue weighted by atomic mass is 9.75. The number of likely N-dealkylation sites (tertiary alicyclic amines) is 1. The van der Waals surface area contributed by atoms with Gasteiger partial charge in [0.2, 0.25) is 0 Å². The van der Waals surface area contributed by atoms with E-state index >= 15 is 0 Å². The zero-order chi connectivity index (χ0) is 18.5. The molecule has 0 spiro atoms. The first-order valence-electron chi connectivity index (χ1n) is 9.82. The van der Waals surface area contributed by atoms with Gasteiger partial charge in [-0.15, -0.1) is 0 Å². The number of nitrogens with zero attached hydrogens (tertiary/aromatic N) is 2. The van der Waals surface area contributed by atoms with Gasteiger partial charge in [0.25, 0.3) is 0 Å². The highest BCUT2D eigenvalue weighted by molar-refractivity contribution is 5.31. The third-order valence-electron chi connectivity index (χ3n) is 6.77. The summed E-state index contributed by atoms with van der Waals surface area (Å²) in [5.41, 5.74) is 1.57. The third kappa shape index (κ3) is 2.84. The Morgan fingerprint density at radius 2 is 1.78 bits per heavy atom. The van der Waals surface area contributed by atoms with Crippen LogP contribution in [0.1, 0.15) is 29.9 Å². The number of fused-ring (bicyclic) bond motifs is 2. The molecule has 3 atom stereocenters. The first kappa shape index (κ1) is 17.1. The summed E-state index contributed by atoms with van der Waals surface area (Å²) in [6.45, 7) is 3.56. The molecule has 4 heterocycles. The second kappa shape index (κ2) is 6.57. The molecular weight excluding hydrogens is 346 g/mol. The van der Waals surface area contributed by atoms with E-state index in [-0.39, 0.29) is 17.7 Å². The van der Waals surface area contributed by atoms with Gasteiger partial charge in [-0.1, -0.05) is 24.3 Å². The zero-order valence-corrected chi connectivity index (χ0v) is 15.2. The summed E-state index contributed by atoms with van der Waals surface area (Å²) in [5.74, 6) is -0.593. The predicted molar refractivity (Wildman–Crippen MR) is 99.5 cm³/mol. The van der Waals surface area contributed by atoms with E-state index in [4.69, 9.17) is 0 Å². The van der Waals surface area contributed by atoms with Crippen molar-refractivity contribution in [3.05, 3.63) is 65.2 Å². The number of hydrogen-bond donors (Lipinski definition) is 1. The topological polar surface area (TPSA) is 26.7 Å². The van der Waals surface area contributed by atoms with Crippen LogP contribution in [0.3, 0.4) is 0 Å². The van der Waals surface area contributed by atoms with Gasteiger partial charge in [-0.05, 0) is 61.2 Å². The molecule has 6 rings (SSSR count). The summed E-state index contributed by atoms with van der Waals surface area (Å²) < 4.78 is 28.5. The average molecular weight is 370 g/mol. The van der Waals surface area contributed by atoms with Crippen LogP contribution in [0.2, 0.25) is 0 Å². The maximum Gasteiger partial charge on any atom is 0.162 e. The molecule has 0 aromatic heterocycles. The Morgan fingerprint density at radius 3 is 2.56 bits per heavy atom. The fourth-order valence-electron chi connectivity index (χ4n) is 5.69. The SMILES string of the molecule is Oc1cccc(CN2C[C@H](c3cccc(F)c3F)[C@@H]3[C@H]2C2CCN3CC2)c1. The smallest absolute Gasteiger partial charge is 0.162 e. The van der Waals surface area contributed by atoms with E-state index < -0.39 is 11.6 Å². The highest BCUT2D eigenvalue weighted by atomic mass is 19.2. The number of benzene rings is 2. The number of halogens is 2. The molecule has 4 saturated heterocycles. The molecule has 1 N–H and O–H groups in total. The lowest BCUT2D eigenvalue weighted by Crippen LogP contribution is -2.60. The van der Waals surface area contributed by atoms with Crippen molar-refractivity contribution in [3.8, 4) is 5.75 Å². The molecule has 2 aromatic carbocycles. The van der Waals surface area contributed by atoms with Crippen LogP contribution in [0.25, 0.3) is 0 Å². The molecule has 4 fully saturated rings. The lowest BCUT2D eigenvalue weighted by Gasteiger charge is -2.51. The number of phenols is 1. The van der Waals surface area contributed by atoms with Crippen molar-refractivity contribution in [2.24, 2.45) is 5.92 Å². The zero-order valence-electron chi connectivity index (χ0n) is 15.2. The fraction of sp³-hybridized carbons (Fsp3) is 0.455. The van der Waals surface area contributed by atoms with Crippen molar-refractivity contribution in [1.29, 1.82) is 0 Å². The maximum atomic E-state index is 14.6. The predicted octanol–water partition coefficient (Wildman–Crippen LogP) is 3.73.